The van der Waals surface area contributed by atoms with Crippen LogP contribution in [0.2, 0.25) is 0 Å². The van der Waals surface area contributed by atoms with Crippen molar-refractivity contribution < 1.29 is 14.7 Å². The van der Waals surface area contributed by atoms with Crippen LogP contribution >= 0.6 is 11.3 Å². The lowest BCUT2D eigenvalue weighted by atomic mass is 10.3. The average Bonchev–Trinajstić information content (AvgIpc) is 2.96. The van der Waals surface area contributed by atoms with Gasteiger partial charge in [-0.2, -0.15) is 0 Å². The highest BCUT2D eigenvalue weighted by Gasteiger charge is 2.15. The number of aromatic nitrogens is 2. The number of carboxylic acids is 1. The maximum atomic E-state index is 11.8. The Bertz CT molecular complexity index is 629. The van der Waals surface area contributed by atoms with Crippen molar-refractivity contribution in [3.63, 3.8) is 0 Å². The molecule has 2 rings (SSSR count). The molecule has 0 aliphatic heterocycles. The summed E-state index contributed by atoms with van der Waals surface area (Å²) in [7, 11) is 0. The third kappa shape index (κ3) is 4.25. The van der Waals surface area contributed by atoms with Crippen molar-refractivity contribution >= 4 is 23.3 Å². The molecule has 0 saturated heterocycles. The van der Waals surface area contributed by atoms with E-state index in [0.29, 0.717) is 11.6 Å². The molecule has 0 radical (unpaired) electrons. The molecule has 0 saturated carbocycles. The second-order valence-electron chi connectivity index (χ2n) is 4.29. The van der Waals surface area contributed by atoms with Gasteiger partial charge in [0.2, 0.25) is 0 Å². The minimum absolute atomic E-state index is 0.0144. The first kappa shape index (κ1) is 14.9. The zero-order valence-corrected chi connectivity index (χ0v) is 12.1. The van der Waals surface area contributed by atoms with E-state index in [-0.39, 0.29) is 17.8 Å². The standard InChI is InChI=1S/C13H14N4O3S/c1-8(11-17-10(7-21-11)12(18)19)16-13(20)15-6-9-3-2-4-14-5-9/h2-5,7-8H,6H2,1H3,(H,18,19)(H2,15,16,20). The number of rotatable bonds is 5. The van der Waals surface area contributed by atoms with Gasteiger partial charge in [-0.05, 0) is 18.6 Å². The number of thiazole rings is 1. The fourth-order valence-corrected chi connectivity index (χ4v) is 2.38. The summed E-state index contributed by atoms with van der Waals surface area (Å²) in [6.45, 7) is 2.11. The van der Waals surface area contributed by atoms with E-state index in [1.54, 1.807) is 25.4 Å². The molecular formula is C13H14N4O3S. The number of carbonyl (C=O) groups is 2. The smallest absolute Gasteiger partial charge is 0.355 e. The van der Waals surface area contributed by atoms with E-state index in [1.807, 2.05) is 6.07 Å². The summed E-state index contributed by atoms with van der Waals surface area (Å²) in [5.74, 6) is -1.08. The van der Waals surface area contributed by atoms with E-state index in [4.69, 9.17) is 5.11 Å². The van der Waals surface area contributed by atoms with Gasteiger partial charge in [-0.25, -0.2) is 14.6 Å². The quantitative estimate of drug-likeness (QED) is 0.781. The van der Waals surface area contributed by atoms with Crippen molar-refractivity contribution in [1.82, 2.24) is 20.6 Å². The number of pyridine rings is 1. The molecule has 2 aromatic rings. The lowest BCUT2D eigenvalue weighted by Gasteiger charge is -2.12. The first-order valence-corrected chi connectivity index (χ1v) is 7.06. The average molecular weight is 306 g/mol. The van der Waals surface area contributed by atoms with Gasteiger partial charge in [-0.15, -0.1) is 11.3 Å². The Morgan fingerprint density at radius 3 is 2.90 bits per heavy atom. The number of carboxylic acid groups (broad SMARTS) is 1. The van der Waals surface area contributed by atoms with Crippen molar-refractivity contribution in [2.45, 2.75) is 19.5 Å². The molecule has 0 bridgehead atoms. The Morgan fingerprint density at radius 1 is 1.48 bits per heavy atom. The number of nitrogens with one attached hydrogen (secondary N) is 2. The third-order valence-corrected chi connectivity index (χ3v) is 3.66. The van der Waals surface area contributed by atoms with Gasteiger partial charge in [0, 0.05) is 24.3 Å². The summed E-state index contributed by atoms with van der Waals surface area (Å²) in [5.41, 5.74) is 0.877. The lowest BCUT2D eigenvalue weighted by molar-refractivity contribution is 0.0691. The highest BCUT2D eigenvalue weighted by molar-refractivity contribution is 7.09. The predicted molar refractivity (Wildman–Crippen MR) is 77.1 cm³/mol. The Hall–Kier alpha value is -2.48. The molecular weight excluding hydrogens is 292 g/mol. The van der Waals surface area contributed by atoms with Crippen LogP contribution in [0.25, 0.3) is 0 Å². The molecule has 1 atom stereocenters. The van der Waals surface area contributed by atoms with Gasteiger partial charge in [0.1, 0.15) is 5.01 Å². The number of urea groups is 1. The van der Waals surface area contributed by atoms with E-state index in [1.165, 1.54) is 16.7 Å². The van der Waals surface area contributed by atoms with Crippen LogP contribution in [0.15, 0.2) is 29.9 Å². The fourth-order valence-electron chi connectivity index (χ4n) is 1.58. The Labute approximate surface area is 125 Å². The summed E-state index contributed by atoms with van der Waals surface area (Å²) >= 11 is 1.20. The highest BCUT2D eigenvalue weighted by atomic mass is 32.1. The van der Waals surface area contributed by atoms with Gasteiger partial charge < -0.3 is 15.7 Å². The van der Waals surface area contributed by atoms with Crippen molar-refractivity contribution in [2.24, 2.45) is 0 Å². The molecule has 0 aromatic carbocycles. The summed E-state index contributed by atoms with van der Waals surface area (Å²) in [4.78, 5) is 30.4. The van der Waals surface area contributed by atoms with E-state index in [2.05, 4.69) is 20.6 Å². The maximum absolute atomic E-state index is 11.8. The normalized spacial score (nSPS) is 11.7. The van der Waals surface area contributed by atoms with E-state index < -0.39 is 5.97 Å². The zero-order chi connectivity index (χ0) is 15.2. The second-order valence-corrected chi connectivity index (χ2v) is 5.18. The van der Waals surface area contributed by atoms with Crippen LogP contribution in [0, 0.1) is 0 Å². The molecule has 0 aliphatic rings. The molecule has 0 spiro atoms. The third-order valence-electron chi connectivity index (χ3n) is 2.63. The summed E-state index contributed by atoms with van der Waals surface area (Å²) in [6, 6.07) is 2.94. The largest absolute Gasteiger partial charge is 0.476 e. The van der Waals surface area contributed by atoms with Crippen LogP contribution in [0.1, 0.15) is 34.0 Å². The Morgan fingerprint density at radius 2 is 2.29 bits per heavy atom. The van der Waals surface area contributed by atoms with Crippen LogP contribution in [0.5, 0.6) is 0 Å². The van der Waals surface area contributed by atoms with Gasteiger partial charge in [-0.3, -0.25) is 4.98 Å². The van der Waals surface area contributed by atoms with Gasteiger partial charge in [0.25, 0.3) is 0 Å². The fraction of sp³-hybridized carbons (Fsp3) is 0.231. The first-order chi connectivity index (χ1) is 10.1. The summed E-state index contributed by atoms with van der Waals surface area (Å²) in [5, 5.41) is 16.2. The molecule has 21 heavy (non-hydrogen) atoms. The van der Waals surface area contributed by atoms with Crippen LogP contribution < -0.4 is 10.6 Å². The Balaban J connectivity index is 1.85. The molecule has 7 nitrogen and oxygen atoms in total. The summed E-state index contributed by atoms with van der Waals surface area (Å²) < 4.78 is 0. The molecule has 3 N–H and O–H groups in total. The van der Waals surface area contributed by atoms with Crippen LogP contribution in [-0.4, -0.2) is 27.1 Å². The van der Waals surface area contributed by atoms with E-state index in [9.17, 15) is 9.59 Å². The number of aromatic carboxylic acids is 1. The maximum Gasteiger partial charge on any atom is 0.355 e. The number of hydrogen-bond donors (Lipinski definition) is 3. The molecule has 1 unspecified atom stereocenters. The van der Waals surface area contributed by atoms with E-state index in [0.717, 1.165) is 5.56 Å². The van der Waals surface area contributed by atoms with Gasteiger partial charge in [0.15, 0.2) is 5.69 Å². The minimum atomic E-state index is -1.08. The molecule has 8 heteroatoms. The molecule has 2 amide bonds. The summed E-state index contributed by atoms with van der Waals surface area (Å²) in [6.07, 6.45) is 3.33. The van der Waals surface area contributed by atoms with Gasteiger partial charge in [-0.1, -0.05) is 6.07 Å². The molecule has 2 aromatic heterocycles. The Kier molecular flexibility index (Phi) is 4.83. The zero-order valence-electron chi connectivity index (χ0n) is 11.2. The van der Waals surface area contributed by atoms with Gasteiger partial charge >= 0.3 is 12.0 Å². The minimum Gasteiger partial charge on any atom is -0.476 e. The number of carbonyl (C=O) groups excluding carboxylic acids is 1. The van der Waals surface area contributed by atoms with Crippen molar-refractivity contribution in [2.75, 3.05) is 0 Å². The van der Waals surface area contributed by atoms with Gasteiger partial charge in [0.05, 0.1) is 6.04 Å². The monoisotopic (exact) mass is 306 g/mol. The molecule has 0 fully saturated rings. The predicted octanol–water partition coefficient (Wildman–Crippen LogP) is 1.80. The lowest BCUT2D eigenvalue weighted by Crippen LogP contribution is -2.36. The van der Waals surface area contributed by atoms with Crippen molar-refractivity contribution in [3.8, 4) is 0 Å². The van der Waals surface area contributed by atoms with Crippen molar-refractivity contribution in [1.29, 1.82) is 0 Å². The number of amides is 2. The van der Waals surface area contributed by atoms with Crippen LogP contribution in [0.4, 0.5) is 4.79 Å². The molecule has 110 valence electrons. The van der Waals surface area contributed by atoms with Crippen LogP contribution in [-0.2, 0) is 6.54 Å². The van der Waals surface area contributed by atoms with Crippen LogP contribution in [0.3, 0.4) is 0 Å². The number of nitrogens with zero attached hydrogens (tertiary/aromatic N) is 2. The first-order valence-electron chi connectivity index (χ1n) is 6.18. The topological polar surface area (TPSA) is 104 Å². The van der Waals surface area contributed by atoms with E-state index >= 15 is 0 Å². The SMILES string of the molecule is CC(NC(=O)NCc1cccnc1)c1nc(C(=O)O)cs1. The molecule has 2 heterocycles. The number of hydrogen-bond acceptors (Lipinski definition) is 5. The van der Waals surface area contributed by atoms with Crippen molar-refractivity contribution in [3.05, 3.63) is 46.2 Å². The molecule has 0 aliphatic carbocycles. The highest BCUT2D eigenvalue weighted by Crippen LogP contribution is 2.17. The second kappa shape index (κ2) is 6.80.